The Morgan fingerprint density at radius 3 is 0.539 bits per heavy atom. The zero-order chi connectivity index (χ0) is 72.7. The molecule has 12 aromatic carbocycles. The van der Waals surface area contributed by atoms with Crippen molar-refractivity contribution in [2.75, 3.05) is 0 Å². The lowest BCUT2D eigenvalue weighted by molar-refractivity contribution is 1.000. The first-order valence-corrected chi connectivity index (χ1v) is 36.9. The Balaban J connectivity index is 0.000000158. The second-order valence-electron chi connectivity index (χ2n) is 27.7. The van der Waals surface area contributed by atoms with Crippen LogP contribution in [0.2, 0.25) is 0 Å². The van der Waals surface area contributed by atoms with Gasteiger partial charge in [0.1, 0.15) is 0 Å². The smallest absolute Gasteiger partial charge is 0.0152 e. The van der Waals surface area contributed by atoms with Crippen molar-refractivity contribution in [3.05, 3.63) is 381 Å². The van der Waals surface area contributed by atoms with Crippen LogP contribution in [0, 0.1) is 83.1 Å². The molecule has 0 spiro atoms. The standard InChI is InChI=1S/2C26H28.2C25H26/c2*1-5-6-7-8-22-10-12-23(13-11-22)24-14-16-25(17-15-24)26-18-9-19(2)20(3)21(26)4;2*1-5-6-7-21-9-11-22(12-10-21)23-13-15-24(16-14-23)25-17-8-18(2)19(3)20(25)4/h2*5-6,9-18H,7-8H2,1-4H3;2*5,8-17H,1,6-7H2,2-4H3/b2*6-5+;;. The van der Waals surface area contributed by atoms with Gasteiger partial charge in [0.2, 0.25) is 0 Å². The van der Waals surface area contributed by atoms with Crippen molar-refractivity contribution in [1.82, 2.24) is 0 Å². The summed E-state index contributed by atoms with van der Waals surface area (Å²) in [7, 11) is 0. The van der Waals surface area contributed by atoms with Crippen molar-refractivity contribution in [2.45, 2.75) is 148 Å². The van der Waals surface area contributed by atoms with Gasteiger partial charge in [-0.25, -0.2) is 0 Å². The SMILES string of the molecule is C/C=C/CCc1ccc(-c2ccc(-c3ccc(C)c(C)c3C)cc2)cc1.C/C=C/CCc1ccc(-c2ccc(-c3ccc(C)c(C)c3C)cc2)cc1.C=CCCc1ccc(-c2ccc(-c3ccc(C)c(C)c3C)cc2)cc1.C=CCCc1ccc(-c2ccc(-c3ccc(C)c(C)c3C)cc2)cc1. The predicted octanol–water partition coefficient (Wildman–Crippen LogP) is 29.0. The summed E-state index contributed by atoms with van der Waals surface area (Å²) in [6, 6.07) is 89.3. The molecule has 0 aromatic heterocycles. The van der Waals surface area contributed by atoms with E-state index in [1.54, 1.807) is 0 Å². The van der Waals surface area contributed by atoms with Crippen molar-refractivity contribution in [3.8, 4) is 89.0 Å². The molecule has 0 atom stereocenters. The Morgan fingerprint density at radius 1 is 0.196 bits per heavy atom. The van der Waals surface area contributed by atoms with E-state index in [9.17, 15) is 0 Å². The summed E-state index contributed by atoms with van der Waals surface area (Å²) in [5.74, 6) is 0. The van der Waals surface area contributed by atoms with Gasteiger partial charge in [-0.05, 0) is 326 Å². The van der Waals surface area contributed by atoms with E-state index in [1.807, 2.05) is 12.2 Å². The van der Waals surface area contributed by atoms with Gasteiger partial charge in [0.25, 0.3) is 0 Å². The largest absolute Gasteiger partial charge is 0.103 e. The van der Waals surface area contributed by atoms with Crippen molar-refractivity contribution >= 4 is 0 Å². The van der Waals surface area contributed by atoms with Crippen molar-refractivity contribution in [2.24, 2.45) is 0 Å². The molecule has 0 saturated heterocycles. The van der Waals surface area contributed by atoms with Gasteiger partial charge in [0.05, 0.1) is 0 Å². The molecule has 0 heterocycles. The van der Waals surface area contributed by atoms with E-state index in [0.717, 1.165) is 51.4 Å². The lowest BCUT2D eigenvalue weighted by Crippen LogP contribution is -1.91. The van der Waals surface area contributed by atoms with E-state index >= 15 is 0 Å². The van der Waals surface area contributed by atoms with Crippen LogP contribution < -0.4 is 0 Å². The van der Waals surface area contributed by atoms with Crippen LogP contribution in [0.5, 0.6) is 0 Å². The fraction of sp³-hybridized carbons (Fsp3) is 0.216. The third-order valence-corrected chi connectivity index (χ3v) is 21.1. The number of aryl methyl sites for hydroxylation is 8. The van der Waals surface area contributed by atoms with E-state index in [1.165, 1.54) is 178 Å². The normalized spacial score (nSPS) is 11.0. The molecule has 0 heteroatoms. The molecule has 0 aliphatic carbocycles. The van der Waals surface area contributed by atoms with Crippen LogP contribution >= 0.6 is 0 Å². The minimum Gasteiger partial charge on any atom is -0.103 e. The van der Waals surface area contributed by atoms with Gasteiger partial charge in [-0.2, -0.15) is 0 Å². The average Bonchev–Trinajstić information content (AvgIpc) is 0.825. The third kappa shape index (κ3) is 20.0. The fourth-order valence-electron chi connectivity index (χ4n) is 13.3. The Bertz CT molecular complexity index is 4450. The van der Waals surface area contributed by atoms with Gasteiger partial charge in [0, 0.05) is 0 Å². The molecule has 12 rings (SSSR count). The fourth-order valence-corrected chi connectivity index (χ4v) is 13.3. The maximum Gasteiger partial charge on any atom is -0.0152 e. The summed E-state index contributed by atoms with van der Waals surface area (Å²) in [6.45, 7) is 38.1. The Labute approximate surface area is 614 Å². The first-order valence-electron chi connectivity index (χ1n) is 36.9. The molecule has 0 unspecified atom stereocenters. The molecular formula is C102H108. The van der Waals surface area contributed by atoms with Crippen LogP contribution in [0.3, 0.4) is 0 Å². The minimum atomic E-state index is 1.03. The zero-order valence-electron chi connectivity index (χ0n) is 63.6. The van der Waals surface area contributed by atoms with Gasteiger partial charge < -0.3 is 0 Å². The van der Waals surface area contributed by atoms with Gasteiger partial charge in [0.15, 0.2) is 0 Å². The summed E-state index contributed by atoms with van der Waals surface area (Å²) in [6.07, 6.45) is 21.3. The summed E-state index contributed by atoms with van der Waals surface area (Å²) in [5, 5.41) is 0. The molecule has 0 N–H and O–H groups in total. The maximum absolute atomic E-state index is 3.79. The summed E-state index contributed by atoms with van der Waals surface area (Å²) >= 11 is 0. The summed E-state index contributed by atoms with van der Waals surface area (Å²) in [4.78, 5) is 0. The van der Waals surface area contributed by atoms with Crippen molar-refractivity contribution in [1.29, 1.82) is 0 Å². The average molecular weight is 1330 g/mol. The van der Waals surface area contributed by atoms with E-state index in [0.29, 0.717) is 0 Å². The van der Waals surface area contributed by atoms with E-state index in [-0.39, 0.29) is 0 Å². The van der Waals surface area contributed by atoms with Crippen LogP contribution in [0.25, 0.3) is 89.0 Å². The highest BCUT2D eigenvalue weighted by Crippen LogP contribution is 2.35. The van der Waals surface area contributed by atoms with E-state index in [4.69, 9.17) is 0 Å². The summed E-state index contributed by atoms with van der Waals surface area (Å²) in [5.41, 5.74) is 42.7. The Kier molecular flexibility index (Phi) is 27.7. The molecule has 0 nitrogen and oxygen atoms in total. The Morgan fingerprint density at radius 2 is 0.363 bits per heavy atom. The maximum atomic E-state index is 3.79. The van der Waals surface area contributed by atoms with Crippen LogP contribution in [-0.4, -0.2) is 0 Å². The zero-order valence-corrected chi connectivity index (χ0v) is 63.6. The molecule has 0 aliphatic heterocycles. The van der Waals surface area contributed by atoms with Crippen LogP contribution in [0.1, 0.15) is 129 Å². The van der Waals surface area contributed by atoms with Crippen LogP contribution in [0.4, 0.5) is 0 Å². The van der Waals surface area contributed by atoms with Crippen LogP contribution in [-0.2, 0) is 25.7 Å². The monoisotopic (exact) mass is 1330 g/mol. The second kappa shape index (κ2) is 37.3. The van der Waals surface area contributed by atoms with Crippen molar-refractivity contribution in [3.63, 3.8) is 0 Å². The lowest BCUT2D eigenvalue weighted by Gasteiger charge is -2.12. The predicted molar refractivity (Wildman–Crippen MR) is 449 cm³/mol. The first-order chi connectivity index (χ1) is 49.4. The molecule has 0 radical (unpaired) electrons. The Hall–Kier alpha value is -10.4. The molecule has 0 aliphatic rings. The number of benzene rings is 12. The first kappa shape index (κ1) is 75.8. The van der Waals surface area contributed by atoms with E-state index < -0.39 is 0 Å². The second-order valence-corrected chi connectivity index (χ2v) is 27.7. The van der Waals surface area contributed by atoms with Gasteiger partial charge in [-0.3, -0.25) is 0 Å². The molecule has 0 bridgehead atoms. The topological polar surface area (TPSA) is 0 Å². The lowest BCUT2D eigenvalue weighted by atomic mass is 9.93. The number of rotatable bonds is 20. The molecule has 0 fully saturated rings. The third-order valence-electron chi connectivity index (χ3n) is 21.1. The van der Waals surface area contributed by atoms with Gasteiger partial charge in [-0.15, -0.1) is 13.2 Å². The molecule has 516 valence electrons. The molecule has 102 heavy (non-hydrogen) atoms. The number of hydrogen-bond acceptors (Lipinski definition) is 0. The van der Waals surface area contributed by atoms with Crippen molar-refractivity contribution < 1.29 is 0 Å². The van der Waals surface area contributed by atoms with Crippen LogP contribution in [0.15, 0.2) is 292 Å². The number of hydrogen-bond donors (Lipinski definition) is 0. The minimum absolute atomic E-state index is 1.03. The summed E-state index contributed by atoms with van der Waals surface area (Å²) < 4.78 is 0. The molecule has 0 saturated carbocycles. The molecule has 12 aromatic rings. The number of allylic oxidation sites excluding steroid dienone is 6. The molecule has 0 amide bonds. The highest BCUT2D eigenvalue weighted by Gasteiger charge is 2.12. The van der Waals surface area contributed by atoms with E-state index in [2.05, 4.69) is 377 Å². The van der Waals surface area contributed by atoms with Gasteiger partial charge in [-0.1, -0.05) is 279 Å². The molecular weight excluding hydrogens is 1230 g/mol. The van der Waals surface area contributed by atoms with Gasteiger partial charge >= 0.3 is 0 Å². The quantitative estimate of drug-likeness (QED) is 0.0667. The highest BCUT2D eigenvalue weighted by atomic mass is 14.2. The highest BCUT2D eigenvalue weighted by molar-refractivity contribution is 5.78.